The van der Waals surface area contributed by atoms with E-state index in [2.05, 4.69) is 14.9 Å². The van der Waals surface area contributed by atoms with E-state index >= 15 is 0 Å². The summed E-state index contributed by atoms with van der Waals surface area (Å²) in [4.78, 5) is 40.9. The maximum atomic E-state index is 13.4. The zero-order valence-corrected chi connectivity index (χ0v) is 16.3. The molecule has 0 bridgehead atoms. The van der Waals surface area contributed by atoms with Crippen LogP contribution in [0.1, 0.15) is 46.0 Å². The number of likely N-dealkylation sites (tertiary alicyclic amines) is 1. The van der Waals surface area contributed by atoms with E-state index in [9.17, 15) is 9.59 Å². The molecule has 3 heterocycles. The molecule has 7 nitrogen and oxygen atoms in total. The molecular formula is C20H29N5O2. The molecule has 7 heteroatoms. The molecule has 2 saturated heterocycles. The van der Waals surface area contributed by atoms with Gasteiger partial charge in [0.15, 0.2) is 0 Å². The molecule has 3 aliphatic rings. The highest BCUT2D eigenvalue weighted by Crippen LogP contribution is 2.51. The first kappa shape index (κ1) is 18.2. The average molecular weight is 371 g/mol. The van der Waals surface area contributed by atoms with E-state index in [4.69, 9.17) is 0 Å². The molecule has 0 aromatic carbocycles. The number of amides is 2. The van der Waals surface area contributed by atoms with Crippen LogP contribution in [0.2, 0.25) is 0 Å². The van der Waals surface area contributed by atoms with Gasteiger partial charge in [0.25, 0.3) is 0 Å². The second-order valence-corrected chi connectivity index (χ2v) is 8.29. The van der Waals surface area contributed by atoms with Crippen molar-refractivity contribution in [3.8, 4) is 0 Å². The van der Waals surface area contributed by atoms with Gasteiger partial charge in [-0.2, -0.15) is 0 Å². The molecule has 2 aliphatic heterocycles. The summed E-state index contributed by atoms with van der Waals surface area (Å²) in [6, 6.07) is 1.60. The number of carbonyl (C=O) groups is 2. The van der Waals surface area contributed by atoms with E-state index in [0.29, 0.717) is 13.1 Å². The molecule has 1 aliphatic carbocycles. The number of aromatic nitrogens is 2. The van der Waals surface area contributed by atoms with E-state index in [1.54, 1.807) is 18.5 Å². The first-order valence-electron chi connectivity index (χ1n) is 10.2. The average Bonchev–Trinajstić information content (AvgIpc) is 2.72. The maximum Gasteiger partial charge on any atom is 0.246 e. The van der Waals surface area contributed by atoms with Gasteiger partial charge in [-0.3, -0.25) is 9.59 Å². The summed E-state index contributed by atoms with van der Waals surface area (Å²) in [5.74, 6) is 1.06. The van der Waals surface area contributed by atoms with Gasteiger partial charge in [-0.25, -0.2) is 9.97 Å². The molecule has 2 amide bonds. The first-order chi connectivity index (χ1) is 13.0. The van der Waals surface area contributed by atoms with Crippen molar-refractivity contribution in [3.05, 3.63) is 18.5 Å². The first-order valence-corrected chi connectivity index (χ1v) is 10.2. The molecule has 1 spiro atoms. The monoisotopic (exact) mass is 371 g/mol. The minimum Gasteiger partial charge on any atom is -0.337 e. The molecule has 1 aromatic rings. The van der Waals surface area contributed by atoms with Gasteiger partial charge in [0.05, 0.1) is 5.41 Å². The van der Waals surface area contributed by atoms with E-state index in [1.807, 2.05) is 23.6 Å². The molecule has 3 fully saturated rings. The van der Waals surface area contributed by atoms with E-state index in [1.165, 1.54) is 6.42 Å². The molecule has 0 N–H and O–H groups in total. The predicted octanol–water partition coefficient (Wildman–Crippen LogP) is 1.69. The number of nitrogens with zero attached hydrogens (tertiary/aromatic N) is 5. The van der Waals surface area contributed by atoms with Crippen LogP contribution in [0.5, 0.6) is 0 Å². The molecule has 1 aromatic heterocycles. The van der Waals surface area contributed by atoms with Crippen LogP contribution in [0.3, 0.4) is 0 Å². The third-order valence-electron chi connectivity index (χ3n) is 6.42. The van der Waals surface area contributed by atoms with Crippen LogP contribution in [0.4, 0.5) is 5.95 Å². The molecule has 1 unspecified atom stereocenters. The molecule has 1 atom stereocenters. The molecule has 1 saturated carbocycles. The zero-order chi connectivity index (χ0) is 19.0. The Morgan fingerprint density at radius 2 is 1.70 bits per heavy atom. The van der Waals surface area contributed by atoms with Crippen LogP contribution in [0.25, 0.3) is 0 Å². The van der Waals surface area contributed by atoms with Crippen LogP contribution < -0.4 is 4.90 Å². The van der Waals surface area contributed by atoms with Crippen LogP contribution in [-0.2, 0) is 9.59 Å². The lowest BCUT2D eigenvalue weighted by atomic mass is 9.61. The second kappa shape index (κ2) is 7.09. The SMILES string of the molecule is CC(C)N1C(=O)C2(CCCCC2)C1C(=O)N1CCN(c2ncccn2)CC1. The van der Waals surface area contributed by atoms with Gasteiger partial charge >= 0.3 is 0 Å². The Morgan fingerprint density at radius 1 is 1.07 bits per heavy atom. The summed E-state index contributed by atoms with van der Waals surface area (Å²) in [5, 5.41) is 0. The Bertz CT molecular complexity index is 694. The zero-order valence-electron chi connectivity index (χ0n) is 16.3. The van der Waals surface area contributed by atoms with Crippen molar-refractivity contribution in [3.63, 3.8) is 0 Å². The van der Waals surface area contributed by atoms with Crippen molar-refractivity contribution in [1.82, 2.24) is 19.8 Å². The smallest absolute Gasteiger partial charge is 0.246 e. The van der Waals surface area contributed by atoms with Gasteiger partial charge in [0.2, 0.25) is 17.8 Å². The fourth-order valence-electron chi connectivity index (χ4n) is 5.00. The summed E-state index contributed by atoms with van der Waals surface area (Å²) in [6.07, 6.45) is 8.50. The van der Waals surface area contributed by atoms with Crippen LogP contribution in [0, 0.1) is 5.41 Å². The second-order valence-electron chi connectivity index (χ2n) is 8.29. The standard InChI is InChI=1S/C20H29N5O2/c1-15(2)25-16(20(18(25)27)7-4-3-5-8-20)17(26)23-11-13-24(14-12-23)19-21-9-6-10-22-19/h6,9-10,15-16H,3-5,7-8,11-14H2,1-2H3. The normalized spacial score (nSPS) is 25.1. The van der Waals surface area contributed by atoms with E-state index in [-0.39, 0.29) is 23.9 Å². The fraction of sp³-hybridized carbons (Fsp3) is 0.700. The third-order valence-corrected chi connectivity index (χ3v) is 6.42. The third kappa shape index (κ3) is 2.97. The number of carbonyl (C=O) groups excluding carboxylic acids is 2. The topological polar surface area (TPSA) is 69.6 Å². The van der Waals surface area contributed by atoms with Crippen LogP contribution >= 0.6 is 0 Å². The van der Waals surface area contributed by atoms with Gasteiger partial charge < -0.3 is 14.7 Å². The van der Waals surface area contributed by atoms with Crippen molar-refractivity contribution >= 4 is 17.8 Å². The summed E-state index contributed by atoms with van der Waals surface area (Å²) in [7, 11) is 0. The molecule has 0 radical (unpaired) electrons. The predicted molar refractivity (Wildman–Crippen MR) is 102 cm³/mol. The van der Waals surface area contributed by atoms with Gasteiger partial charge in [-0.1, -0.05) is 19.3 Å². The van der Waals surface area contributed by atoms with Gasteiger partial charge in [0, 0.05) is 44.6 Å². The van der Waals surface area contributed by atoms with Gasteiger partial charge in [-0.05, 0) is 32.8 Å². The quantitative estimate of drug-likeness (QED) is 0.757. The number of hydrogen-bond donors (Lipinski definition) is 0. The number of piperazine rings is 1. The Kier molecular flexibility index (Phi) is 4.78. The number of β-lactam (4-membered cyclic amide) rings is 1. The lowest BCUT2D eigenvalue weighted by Crippen LogP contribution is -2.76. The number of anilines is 1. The lowest BCUT2D eigenvalue weighted by Gasteiger charge is -2.59. The van der Waals surface area contributed by atoms with E-state index in [0.717, 1.165) is 44.7 Å². The molecule has 27 heavy (non-hydrogen) atoms. The van der Waals surface area contributed by atoms with Crippen LogP contribution in [-0.4, -0.2) is 69.8 Å². The Balaban J connectivity index is 1.47. The highest BCUT2D eigenvalue weighted by molar-refractivity contribution is 6.02. The summed E-state index contributed by atoms with van der Waals surface area (Å²) in [5.41, 5.74) is -0.431. The minimum absolute atomic E-state index is 0.0676. The van der Waals surface area contributed by atoms with Crippen LogP contribution in [0.15, 0.2) is 18.5 Å². The summed E-state index contributed by atoms with van der Waals surface area (Å²) >= 11 is 0. The number of hydrogen-bond acceptors (Lipinski definition) is 5. The number of rotatable bonds is 3. The molecular weight excluding hydrogens is 342 g/mol. The van der Waals surface area contributed by atoms with Crippen molar-refractivity contribution in [1.29, 1.82) is 0 Å². The summed E-state index contributed by atoms with van der Waals surface area (Å²) in [6.45, 7) is 6.79. The summed E-state index contributed by atoms with van der Waals surface area (Å²) < 4.78 is 0. The highest BCUT2D eigenvalue weighted by atomic mass is 16.2. The Morgan fingerprint density at radius 3 is 2.30 bits per heavy atom. The van der Waals surface area contributed by atoms with Gasteiger partial charge in [-0.15, -0.1) is 0 Å². The van der Waals surface area contributed by atoms with Gasteiger partial charge in [0.1, 0.15) is 6.04 Å². The minimum atomic E-state index is -0.431. The van der Waals surface area contributed by atoms with E-state index < -0.39 is 5.41 Å². The Hall–Kier alpha value is -2.18. The maximum absolute atomic E-state index is 13.4. The largest absolute Gasteiger partial charge is 0.337 e. The molecule has 4 rings (SSSR count). The lowest BCUT2D eigenvalue weighted by molar-refractivity contribution is -0.189. The van der Waals surface area contributed by atoms with Crippen molar-refractivity contribution in [2.45, 2.75) is 58.0 Å². The van der Waals surface area contributed by atoms with Crippen molar-refractivity contribution in [2.75, 3.05) is 31.1 Å². The van der Waals surface area contributed by atoms with Crippen molar-refractivity contribution < 1.29 is 9.59 Å². The fourth-order valence-corrected chi connectivity index (χ4v) is 5.00. The molecule has 146 valence electrons. The Labute approximate surface area is 160 Å². The highest BCUT2D eigenvalue weighted by Gasteiger charge is 2.64. The van der Waals surface area contributed by atoms with Crippen molar-refractivity contribution in [2.24, 2.45) is 5.41 Å².